The molecule has 2 aromatic rings. The molecule has 2 rings (SSSR count). The number of halogens is 5. The van der Waals surface area contributed by atoms with Gasteiger partial charge in [0.05, 0.1) is 5.56 Å². The van der Waals surface area contributed by atoms with E-state index in [1.54, 1.807) is 6.07 Å². The van der Waals surface area contributed by atoms with Crippen molar-refractivity contribution in [3.8, 4) is 5.75 Å². The van der Waals surface area contributed by atoms with E-state index in [1.165, 1.54) is 24.3 Å². The first-order valence-corrected chi connectivity index (χ1v) is 7.20. The lowest BCUT2D eigenvalue weighted by molar-refractivity contribution is 0.249. The first-order chi connectivity index (χ1) is 10.7. The van der Waals surface area contributed by atoms with E-state index in [0.717, 1.165) is 0 Å². The molecule has 0 spiro atoms. The van der Waals surface area contributed by atoms with E-state index in [-0.39, 0.29) is 5.75 Å². The monoisotopic (exact) mass is 354 g/mol. The molecular formula is C13H7F5O4S. The third-order valence-corrected chi connectivity index (χ3v) is 3.39. The van der Waals surface area contributed by atoms with Gasteiger partial charge >= 0.3 is 10.4 Å². The Kier molecular flexibility index (Phi) is 4.85. The van der Waals surface area contributed by atoms with Gasteiger partial charge in [-0.3, -0.25) is 0 Å². The summed E-state index contributed by atoms with van der Waals surface area (Å²) in [6, 6.07) is 6.94. The van der Waals surface area contributed by atoms with Gasteiger partial charge in [0.2, 0.25) is 5.82 Å². The van der Waals surface area contributed by atoms with Crippen LogP contribution < -0.4 is 4.18 Å². The van der Waals surface area contributed by atoms with Gasteiger partial charge in [0.15, 0.2) is 23.3 Å². The van der Waals surface area contributed by atoms with Crippen molar-refractivity contribution in [1.82, 2.24) is 0 Å². The van der Waals surface area contributed by atoms with Gasteiger partial charge in [-0.05, 0) is 12.1 Å². The van der Waals surface area contributed by atoms with Crippen LogP contribution in [0.15, 0.2) is 30.3 Å². The maximum absolute atomic E-state index is 13.4. The summed E-state index contributed by atoms with van der Waals surface area (Å²) in [5.74, 6) is -11.3. The van der Waals surface area contributed by atoms with E-state index in [1.807, 2.05) is 0 Å². The van der Waals surface area contributed by atoms with E-state index in [0.29, 0.717) is 0 Å². The van der Waals surface area contributed by atoms with Crippen molar-refractivity contribution in [1.29, 1.82) is 0 Å². The number of hydrogen-bond acceptors (Lipinski definition) is 4. The Morgan fingerprint density at radius 2 is 1.26 bits per heavy atom. The molecule has 0 aliphatic carbocycles. The second-order valence-electron chi connectivity index (χ2n) is 4.12. The lowest BCUT2D eigenvalue weighted by Gasteiger charge is -2.09. The highest BCUT2D eigenvalue weighted by Gasteiger charge is 2.27. The average Bonchev–Trinajstić information content (AvgIpc) is 2.51. The average molecular weight is 354 g/mol. The molecule has 0 radical (unpaired) electrons. The first-order valence-electron chi connectivity index (χ1n) is 5.87. The zero-order valence-electron chi connectivity index (χ0n) is 11.0. The van der Waals surface area contributed by atoms with Gasteiger partial charge in [-0.1, -0.05) is 18.2 Å². The van der Waals surface area contributed by atoms with Crippen LogP contribution in [-0.4, -0.2) is 8.42 Å². The molecule has 10 heteroatoms. The van der Waals surface area contributed by atoms with Crippen LogP contribution in [0.5, 0.6) is 5.75 Å². The number of para-hydroxylation sites is 1. The van der Waals surface area contributed by atoms with Crippen molar-refractivity contribution in [2.45, 2.75) is 6.61 Å². The highest BCUT2D eigenvalue weighted by Crippen LogP contribution is 2.24. The Labute approximate surface area is 127 Å². The zero-order valence-corrected chi connectivity index (χ0v) is 11.8. The van der Waals surface area contributed by atoms with Crippen molar-refractivity contribution < 1.29 is 38.7 Å². The second kappa shape index (κ2) is 6.50. The fourth-order valence-corrected chi connectivity index (χ4v) is 2.18. The SMILES string of the molecule is O=S(=O)(OCc1c(F)c(F)c(F)c(F)c1F)Oc1ccccc1. The fraction of sp³-hybridized carbons (Fsp3) is 0.0769. The van der Waals surface area contributed by atoms with E-state index in [9.17, 15) is 30.4 Å². The molecule has 0 bridgehead atoms. The quantitative estimate of drug-likeness (QED) is 0.470. The molecule has 0 N–H and O–H groups in total. The Hall–Kier alpha value is -2.20. The van der Waals surface area contributed by atoms with Crippen molar-refractivity contribution >= 4 is 10.4 Å². The Bertz CT molecular complexity index is 795. The van der Waals surface area contributed by atoms with Crippen LogP contribution in [0.25, 0.3) is 0 Å². The van der Waals surface area contributed by atoms with E-state index >= 15 is 0 Å². The maximum atomic E-state index is 13.4. The molecule has 4 nitrogen and oxygen atoms in total. The normalized spacial score (nSPS) is 11.5. The topological polar surface area (TPSA) is 52.6 Å². The molecule has 0 aromatic heterocycles. The van der Waals surface area contributed by atoms with Gasteiger partial charge in [-0.25, -0.2) is 26.1 Å². The molecule has 0 fully saturated rings. The van der Waals surface area contributed by atoms with Crippen LogP contribution in [0.1, 0.15) is 5.56 Å². The van der Waals surface area contributed by atoms with Gasteiger partial charge in [0, 0.05) is 0 Å². The minimum atomic E-state index is -4.77. The summed E-state index contributed by atoms with van der Waals surface area (Å²) in [7, 11) is -4.77. The third-order valence-electron chi connectivity index (χ3n) is 2.59. The highest BCUT2D eigenvalue weighted by atomic mass is 32.3. The fourth-order valence-electron chi connectivity index (χ4n) is 1.53. The lowest BCUT2D eigenvalue weighted by atomic mass is 10.2. The van der Waals surface area contributed by atoms with Crippen LogP contribution in [0.3, 0.4) is 0 Å². The molecule has 2 aromatic carbocycles. The summed E-state index contributed by atoms with van der Waals surface area (Å²) in [4.78, 5) is 0. The molecule has 0 heterocycles. The summed E-state index contributed by atoms with van der Waals surface area (Å²) >= 11 is 0. The zero-order chi connectivity index (χ0) is 17.2. The maximum Gasteiger partial charge on any atom is 0.449 e. The Morgan fingerprint density at radius 1 is 0.783 bits per heavy atom. The summed E-state index contributed by atoms with van der Waals surface area (Å²) in [5.41, 5.74) is -1.43. The van der Waals surface area contributed by atoms with Crippen LogP contribution in [0.4, 0.5) is 22.0 Å². The van der Waals surface area contributed by atoms with E-state index < -0.39 is 51.7 Å². The molecule has 0 aliphatic heterocycles. The summed E-state index contributed by atoms with van der Waals surface area (Å²) in [6.45, 7) is -1.43. The van der Waals surface area contributed by atoms with Gasteiger partial charge in [0.25, 0.3) is 0 Å². The van der Waals surface area contributed by atoms with Gasteiger partial charge in [-0.15, -0.1) is 0 Å². The summed E-state index contributed by atoms with van der Waals surface area (Å²) in [5, 5.41) is 0. The van der Waals surface area contributed by atoms with Crippen LogP contribution in [0, 0.1) is 29.1 Å². The Balaban J connectivity index is 2.21. The second-order valence-corrected chi connectivity index (χ2v) is 5.33. The molecule has 0 saturated heterocycles. The lowest BCUT2D eigenvalue weighted by Crippen LogP contribution is -2.16. The largest absolute Gasteiger partial charge is 0.449 e. The molecule has 0 aliphatic rings. The molecular weight excluding hydrogens is 347 g/mol. The van der Waals surface area contributed by atoms with Gasteiger partial charge in [0.1, 0.15) is 12.4 Å². The van der Waals surface area contributed by atoms with Gasteiger partial charge in [-0.2, -0.15) is 8.42 Å². The van der Waals surface area contributed by atoms with Crippen LogP contribution in [0.2, 0.25) is 0 Å². The summed E-state index contributed by atoms with van der Waals surface area (Å²) in [6.07, 6.45) is 0. The Morgan fingerprint density at radius 3 is 1.78 bits per heavy atom. The number of hydrogen-bond donors (Lipinski definition) is 0. The van der Waals surface area contributed by atoms with Crippen molar-refractivity contribution in [3.05, 3.63) is 65.0 Å². The number of benzene rings is 2. The molecule has 124 valence electrons. The molecule has 23 heavy (non-hydrogen) atoms. The minimum Gasteiger partial charge on any atom is -0.362 e. The molecule has 0 amide bonds. The highest BCUT2D eigenvalue weighted by molar-refractivity contribution is 7.82. The van der Waals surface area contributed by atoms with Crippen molar-refractivity contribution in [2.75, 3.05) is 0 Å². The van der Waals surface area contributed by atoms with E-state index in [4.69, 9.17) is 0 Å². The predicted octanol–water partition coefficient (Wildman–Crippen LogP) is 3.22. The third kappa shape index (κ3) is 3.77. The number of rotatable bonds is 5. The van der Waals surface area contributed by atoms with Gasteiger partial charge < -0.3 is 4.18 Å². The van der Waals surface area contributed by atoms with Crippen molar-refractivity contribution in [2.24, 2.45) is 0 Å². The van der Waals surface area contributed by atoms with Crippen LogP contribution >= 0.6 is 0 Å². The standard InChI is InChI=1S/C13H7F5O4S/c14-9-8(10(15)12(17)13(18)11(9)16)6-21-23(19,20)22-7-4-2-1-3-5-7/h1-5H,6H2. The van der Waals surface area contributed by atoms with E-state index in [2.05, 4.69) is 8.37 Å². The van der Waals surface area contributed by atoms with Crippen molar-refractivity contribution in [3.63, 3.8) is 0 Å². The molecule has 0 atom stereocenters. The molecule has 0 saturated carbocycles. The smallest absolute Gasteiger partial charge is 0.362 e. The summed E-state index contributed by atoms with van der Waals surface area (Å²) < 4.78 is 97.1. The van der Waals surface area contributed by atoms with Crippen LogP contribution in [-0.2, 0) is 21.2 Å². The minimum absolute atomic E-state index is 0.162. The predicted molar refractivity (Wildman–Crippen MR) is 67.0 cm³/mol. The first kappa shape index (κ1) is 17.2. The molecule has 0 unspecified atom stereocenters.